The number of furan rings is 1. The van der Waals surface area contributed by atoms with Crippen LogP contribution in [0.5, 0.6) is 0 Å². The molecule has 0 unspecified atom stereocenters. The van der Waals surface area contributed by atoms with E-state index in [2.05, 4.69) is 37.4 Å². The third kappa shape index (κ3) is 5.38. The van der Waals surface area contributed by atoms with E-state index in [1.54, 1.807) is 30.3 Å². The zero-order valence-corrected chi connectivity index (χ0v) is 16.3. The van der Waals surface area contributed by atoms with Gasteiger partial charge in [-0.25, -0.2) is 0 Å². The van der Waals surface area contributed by atoms with Crippen molar-refractivity contribution in [2.24, 2.45) is 5.92 Å². The number of hydrogen-bond acceptors (Lipinski definition) is 5. The van der Waals surface area contributed by atoms with E-state index in [1.165, 1.54) is 6.07 Å². The van der Waals surface area contributed by atoms with E-state index in [0.29, 0.717) is 15.9 Å². The molecule has 1 heterocycles. The predicted molar refractivity (Wildman–Crippen MR) is 105 cm³/mol. The first-order chi connectivity index (χ1) is 12.9. The first kappa shape index (κ1) is 19.1. The lowest BCUT2D eigenvalue weighted by atomic mass is 10.2. The fraction of sp³-hybridized carbons (Fsp3) is 0.176. The van der Waals surface area contributed by atoms with Crippen LogP contribution in [0.2, 0.25) is 0 Å². The van der Waals surface area contributed by atoms with Crippen molar-refractivity contribution in [3.63, 3.8) is 0 Å². The molecular formula is C17H15BrN4O4S. The molecule has 1 aromatic heterocycles. The first-order valence-electron chi connectivity index (χ1n) is 8.00. The highest BCUT2D eigenvalue weighted by Crippen LogP contribution is 2.30. The highest BCUT2D eigenvalue weighted by Gasteiger charge is 2.29. The van der Waals surface area contributed by atoms with Crippen LogP contribution in [0.4, 0.5) is 5.69 Å². The second-order valence-electron chi connectivity index (χ2n) is 5.81. The Hall–Kier alpha value is -2.72. The number of carbonyl (C=O) groups excluding carboxylic acids is 3. The summed E-state index contributed by atoms with van der Waals surface area (Å²) in [5, 5.41) is 5.07. The lowest BCUT2D eigenvalue weighted by Gasteiger charge is -2.10. The van der Waals surface area contributed by atoms with E-state index >= 15 is 0 Å². The molecule has 1 aliphatic carbocycles. The Morgan fingerprint density at radius 2 is 1.70 bits per heavy atom. The molecule has 3 amide bonds. The Kier molecular flexibility index (Phi) is 5.87. The van der Waals surface area contributed by atoms with Gasteiger partial charge in [0.05, 0.1) is 0 Å². The molecular weight excluding hydrogens is 436 g/mol. The topological polar surface area (TPSA) is 112 Å². The van der Waals surface area contributed by atoms with Gasteiger partial charge in [-0.1, -0.05) is 0 Å². The fourth-order valence-electron chi connectivity index (χ4n) is 2.11. The maximum atomic E-state index is 12.1. The Balaban J connectivity index is 1.46. The highest BCUT2D eigenvalue weighted by molar-refractivity contribution is 9.10. The summed E-state index contributed by atoms with van der Waals surface area (Å²) in [6.07, 6.45) is 1.84. The minimum absolute atomic E-state index is 0.00135. The van der Waals surface area contributed by atoms with Gasteiger partial charge in [0.25, 0.3) is 11.8 Å². The number of benzene rings is 1. The van der Waals surface area contributed by atoms with Crippen LogP contribution in [0.1, 0.15) is 33.8 Å². The number of hydrogen-bond donors (Lipinski definition) is 4. The summed E-state index contributed by atoms with van der Waals surface area (Å²) < 4.78 is 5.51. The molecule has 1 aromatic carbocycles. The average molecular weight is 451 g/mol. The number of rotatable bonds is 4. The summed E-state index contributed by atoms with van der Waals surface area (Å²) in [6.45, 7) is 0. The summed E-state index contributed by atoms with van der Waals surface area (Å²) in [5.74, 6) is -0.828. The van der Waals surface area contributed by atoms with Gasteiger partial charge < -0.3 is 9.73 Å². The maximum absolute atomic E-state index is 12.1. The molecule has 2 aromatic rings. The number of anilines is 1. The molecule has 3 rings (SSSR count). The van der Waals surface area contributed by atoms with Gasteiger partial charge in [-0.3, -0.25) is 30.6 Å². The van der Waals surface area contributed by atoms with Crippen molar-refractivity contribution in [3.05, 3.63) is 52.4 Å². The van der Waals surface area contributed by atoms with Crippen molar-refractivity contribution in [1.82, 2.24) is 16.2 Å². The molecule has 1 saturated carbocycles. The van der Waals surface area contributed by atoms with Gasteiger partial charge in [0.1, 0.15) is 0 Å². The maximum Gasteiger partial charge on any atom is 0.293 e. The second kappa shape index (κ2) is 8.31. The van der Waals surface area contributed by atoms with Crippen LogP contribution >= 0.6 is 28.1 Å². The van der Waals surface area contributed by atoms with Crippen molar-refractivity contribution in [2.45, 2.75) is 12.8 Å². The summed E-state index contributed by atoms with van der Waals surface area (Å²) >= 11 is 8.04. The Bertz CT molecular complexity index is 893. The SMILES string of the molecule is O=C(NNC(=S)NC(=O)c1ccc(Br)o1)c1ccc(NC(=O)C2CC2)cc1. The number of amides is 3. The normalized spacial score (nSPS) is 12.8. The van der Waals surface area contributed by atoms with E-state index in [1.807, 2.05) is 0 Å². The van der Waals surface area contributed by atoms with Gasteiger partial charge in [0, 0.05) is 17.2 Å². The Morgan fingerprint density at radius 3 is 2.30 bits per heavy atom. The van der Waals surface area contributed by atoms with Gasteiger partial charge in [-0.2, -0.15) is 0 Å². The van der Waals surface area contributed by atoms with Crippen LogP contribution in [0, 0.1) is 5.92 Å². The molecule has 4 N–H and O–H groups in total. The monoisotopic (exact) mass is 450 g/mol. The van der Waals surface area contributed by atoms with Crippen LogP contribution in [-0.2, 0) is 4.79 Å². The summed E-state index contributed by atoms with van der Waals surface area (Å²) in [5.41, 5.74) is 5.80. The Morgan fingerprint density at radius 1 is 1.00 bits per heavy atom. The molecule has 0 spiro atoms. The molecule has 0 radical (unpaired) electrons. The summed E-state index contributed by atoms with van der Waals surface area (Å²) in [7, 11) is 0. The average Bonchev–Trinajstić information content (AvgIpc) is 3.41. The van der Waals surface area contributed by atoms with Crippen LogP contribution in [0.15, 0.2) is 45.5 Å². The van der Waals surface area contributed by atoms with Gasteiger partial charge in [-0.05, 0) is 77.4 Å². The molecule has 0 atom stereocenters. The molecule has 0 saturated heterocycles. The van der Waals surface area contributed by atoms with Crippen molar-refractivity contribution in [3.8, 4) is 0 Å². The lowest BCUT2D eigenvalue weighted by molar-refractivity contribution is -0.117. The third-order valence-electron chi connectivity index (χ3n) is 3.68. The molecule has 27 heavy (non-hydrogen) atoms. The molecule has 10 heteroatoms. The number of nitrogens with one attached hydrogen (secondary N) is 4. The molecule has 1 aliphatic rings. The zero-order valence-electron chi connectivity index (χ0n) is 13.9. The lowest BCUT2D eigenvalue weighted by Crippen LogP contribution is -2.48. The van der Waals surface area contributed by atoms with Gasteiger partial charge in [-0.15, -0.1) is 0 Å². The zero-order chi connectivity index (χ0) is 19.4. The van der Waals surface area contributed by atoms with Crippen molar-refractivity contribution < 1.29 is 18.8 Å². The minimum Gasteiger partial charge on any atom is -0.444 e. The third-order valence-corrected chi connectivity index (χ3v) is 4.31. The summed E-state index contributed by atoms with van der Waals surface area (Å²) in [6, 6.07) is 9.48. The number of carbonyl (C=O) groups is 3. The predicted octanol–water partition coefficient (Wildman–Crippen LogP) is 2.34. The largest absolute Gasteiger partial charge is 0.444 e. The first-order valence-corrected chi connectivity index (χ1v) is 9.20. The number of hydrazine groups is 1. The standard InChI is InChI=1S/C17H15BrN4O4S/c18-13-8-7-12(26-13)16(25)20-17(27)22-21-15(24)10-3-5-11(6-4-10)19-14(23)9-1-2-9/h3-9H,1-2H2,(H,19,23)(H,21,24)(H2,20,22,25,27). The minimum atomic E-state index is -0.553. The number of thiocarbonyl (C=S) groups is 1. The van der Waals surface area contributed by atoms with Gasteiger partial charge in [0.15, 0.2) is 15.5 Å². The quantitative estimate of drug-likeness (QED) is 0.420. The molecule has 8 nitrogen and oxygen atoms in total. The second-order valence-corrected chi connectivity index (χ2v) is 7.00. The number of halogens is 1. The van der Waals surface area contributed by atoms with Crippen molar-refractivity contribution in [2.75, 3.05) is 5.32 Å². The van der Waals surface area contributed by atoms with Gasteiger partial charge in [0.2, 0.25) is 5.91 Å². The van der Waals surface area contributed by atoms with Crippen LogP contribution in [-0.4, -0.2) is 22.8 Å². The van der Waals surface area contributed by atoms with Gasteiger partial charge >= 0.3 is 0 Å². The van der Waals surface area contributed by atoms with E-state index < -0.39 is 11.8 Å². The van der Waals surface area contributed by atoms with Crippen molar-refractivity contribution >= 4 is 56.7 Å². The Labute approximate surface area is 168 Å². The van der Waals surface area contributed by atoms with E-state index in [4.69, 9.17) is 16.6 Å². The molecule has 140 valence electrons. The van der Waals surface area contributed by atoms with E-state index in [0.717, 1.165) is 12.8 Å². The summed E-state index contributed by atoms with van der Waals surface area (Å²) in [4.78, 5) is 35.7. The van der Waals surface area contributed by atoms with E-state index in [-0.39, 0.29) is 22.7 Å². The highest BCUT2D eigenvalue weighted by atomic mass is 79.9. The van der Waals surface area contributed by atoms with Crippen LogP contribution < -0.4 is 21.5 Å². The smallest absolute Gasteiger partial charge is 0.293 e. The molecule has 0 bridgehead atoms. The van der Waals surface area contributed by atoms with Crippen LogP contribution in [0.25, 0.3) is 0 Å². The van der Waals surface area contributed by atoms with Crippen LogP contribution in [0.3, 0.4) is 0 Å². The van der Waals surface area contributed by atoms with Crippen molar-refractivity contribution in [1.29, 1.82) is 0 Å². The molecule has 1 fully saturated rings. The fourth-order valence-corrected chi connectivity index (χ4v) is 2.56. The van der Waals surface area contributed by atoms with E-state index in [9.17, 15) is 14.4 Å². The molecule has 0 aliphatic heterocycles.